The number of hydrogen-bond acceptors (Lipinski definition) is 2. The molecular weight excluding hydrogens is 302 g/mol. The van der Waals surface area contributed by atoms with Crippen LogP contribution in [0.25, 0.3) is 10.9 Å². The average molecular weight is 316 g/mol. The Balaban J connectivity index is 1.98. The number of halogens is 1. The molecule has 3 aromatic rings. The normalized spacial score (nSPS) is 11.1. The molecule has 2 N–H and O–H groups in total. The van der Waals surface area contributed by atoms with Gasteiger partial charge in [0.25, 0.3) is 0 Å². The van der Waals surface area contributed by atoms with Crippen molar-refractivity contribution in [2.24, 2.45) is 5.73 Å². The van der Waals surface area contributed by atoms with Crippen LogP contribution < -0.4 is 5.73 Å². The third kappa shape index (κ3) is 2.55. The van der Waals surface area contributed by atoms with E-state index in [4.69, 9.17) is 5.73 Å². The van der Waals surface area contributed by atoms with Gasteiger partial charge in [-0.05, 0) is 51.1 Å². The van der Waals surface area contributed by atoms with E-state index in [9.17, 15) is 0 Å². The van der Waals surface area contributed by atoms with Gasteiger partial charge >= 0.3 is 0 Å². The van der Waals surface area contributed by atoms with Crippen LogP contribution in [0.1, 0.15) is 11.3 Å². The topological polar surface area (TPSA) is 43.8 Å². The van der Waals surface area contributed by atoms with Crippen LogP contribution in [0.15, 0.2) is 53.3 Å². The van der Waals surface area contributed by atoms with Crippen molar-refractivity contribution >= 4 is 26.8 Å². The van der Waals surface area contributed by atoms with Crippen molar-refractivity contribution in [1.82, 2.24) is 9.55 Å². The fourth-order valence-electron chi connectivity index (χ4n) is 2.17. The minimum Gasteiger partial charge on any atom is -0.341 e. The highest BCUT2D eigenvalue weighted by Crippen LogP contribution is 2.19. The molecule has 0 aliphatic rings. The van der Waals surface area contributed by atoms with E-state index in [0.717, 1.165) is 22.3 Å². The number of aromatic nitrogens is 2. The van der Waals surface area contributed by atoms with Crippen molar-refractivity contribution in [3.05, 3.63) is 64.5 Å². The first-order valence-corrected chi connectivity index (χ1v) is 6.94. The molecule has 0 saturated carbocycles. The van der Waals surface area contributed by atoms with Crippen LogP contribution in [-0.4, -0.2) is 9.55 Å². The number of pyridine rings is 1. The first kappa shape index (κ1) is 12.4. The summed E-state index contributed by atoms with van der Waals surface area (Å²) in [5.74, 6) is 0. The Hall–Kier alpha value is -1.65. The Labute approximate surface area is 120 Å². The molecule has 19 heavy (non-hydrogen) atoms. The van der Waals surface area contributed by atoms with Gasteiger partial charge in [-0.1, -0.05) is 12.1 Å². The number of hydrogen-bond donors (Lipinski definition) is 1. The highest BCUT2D eigenvalue weighted by Gasteiger charge is 2.03. The van der Waals surface area contributed by atoms with Gasteiger partial charge in [0, 0.05) is 28.9 Å². The molecule has 4 heteroatoms. The van der Waals surface area contributed by atoms with Gasteiger partial charge in [0.15, 0.2) is 0 Å². The Morgan fingerprint density at radius 3 is 2.79 bits per heavy atom. The minimum absolute atomic E-state index is 0.567. The van der Waals surface area contributed by atoms with Crippen molar-refractivity contribution in [3.63, 3.8) is 0 Å². The quantitative estimate of drug-likeness (QED) is 0.806. The lowest BCUT2D eigenvalue weighted by atomic mass is 10.1. The van der Waals surface area contributed by atoms with Crippen molar-refractivity contribution < 1.29 is 0 Å². The third-order valence-electron chi connectivity index (χ3n) is 3.20. The lowest BCUT2D eigenvalue weighted by molar-refractivity contribution is 0.806. The predicted molar refractivity (Wildman–Crippen MR) is 80.9 cm³/mol. The Kier molecular flexibility index (Phi) is 3.36. The summed E-state index contributed by atoms with van der Waals surface area (Å²) < 4.78 is 3.20. The molecule has 0 fully saturated rings. The van der Waals surface area contributed by atoms with E-state index in [1.54, 1.807) is 0 Å². The summed E-state index contributed by atoms with van der Waals surface area (Å²) in [6.07, 6.45) is 3.92. The SMILES string of the molecule is NCc1ccc2ccn(Cc3ccc(Br)cn3)c2c1. The molecule has 3 rings (SSSR count). The lowest BCUT2D eigenvalue weighted by Gasteiger charge is -2.06. The highest BCUT2D eigenvalue weighted by molar-refractivity contribution is 9.10. The summed E-state index contributed by atoms with van der Waals surface area (Å²) in [4.78, 5) is 4.41. The zero-order chi connectivity index (χ0) is 13.2. The van der Waals surface area contributed by atoms with Gasteiger partial charge in [-0.25, -0.2) is 0 Å². The van der Waals surface area contributed by atoms with Crippen molar-refractivity contribution in [2.45, 2.75) is 13.1 Å². The van der Waals surface area contributed by atoms with Gasteiger partial charge in [-0.3, -0.25) is 4.98 Å². The average Bonchev–Trinajstić information content (AvgIpc) is 2.84. The predicted octanol–water partition coefficient (Wildman–Crippen LogP) is 3.31. The minimum atomic E-state index is 0.567. The summed E-state index contributed by atoms with van der Waals surface area (Å²) in [6, 6.07) is 12.5. The Bertz CT molecular complexity index is 701. The zero-order valence-corrected chi connectivity index (χ0v) is 12.0. The van der Waals surface area contributed by atoms with E-state index in [0.29, 0.717) is 6.54 Å². The molecule has 0 unspecified atom stereocenters. The van der Waals surface area contributed by atoms with Gasteiger partial charge < -0.3 is 10.3 Å². The van der Waals surface area contributed by atoms with Gasteiger partial charge in [0.2, 0.25) is 0 Å². The lowest BCUT2D eigenvalue weighted by Crippen LogP contribution is -2.01. The fraction of sp³-hybridized carbons (Fsp3) is 0.133. The Morgan fingerprint density at radius 2 is 2.05 bits per heavy atom. The maximum absolute atomic E-state index is 5.70. The monoisotopic (exact) mass is 315 g/mol. The van der Waals surface area contributed by atoms with Crippen molar-refractivity contribution in [3.8, 4) is 0 Å². The first-order chi connectivity index (χ1) is 9.26. The van der Waals surface area contributed by atoms with E-state index in [-0.39, 0.29) is 0 Å². The summed E-state index contributed by atoms with van der Waals surface area (Å²) >= 11 is 3.40. The molecule has 0 amide bonds. The molecule has 0 atom stereocenters. The van der Waals surface area contributed by atoms with Gasteiger partial charge in [0.05, 0.1) is 12.2 Å². The second kappa shape index (κ2) is 5.15. The van der Waals surface area contributed by atoms with Crippen LogP contribution >= 0.6 is 15.9 Å². The smallest absolute Gasteiger partial charge is 0.0648 e. The highest BCUT2D eigenvalue weighted by atomic mass is 79.9. The van der Waals surface area contributed by atoms with Crippen molar-refractivity contribution in [1.29, 1.82) is 0 Å². The summed E-state index contributed by atoms with van der Waals surface area (Å²) in [7, 11) is 0. The van der Waals surface area contributed by atoms with Crippen LogP contribution in [0.4, 0.5) is 0 Å². The molecule has 0 aliphatic heterocycles. The summed E-state index contributed by atoms with van der Waals surface area (Å²) in [6.45, 7) is 1.34. The number of fused-ring (bicyclic) bond motifs is 1. The molecule has 3 nitrogen and oxygen atoms in total. The zero-order valence-electron chi connectivity index (χ0n) is 10.4. The number of benzene rings is 1. The van der Waals surface area contributed by atoms with E-state index in [1.807, 2.05) is 18.3 Å². The molecular formula is C15H14BrN3. The number of nitrogens with zero attached hydrogens (tertiary/aromatic N) is 2. The maximum atomic E-state index is 5.70. The maximum Gasteiger partial charge on any atom is 0.0648 e. The first-order valence-electron chi connectivity index (χ1n) is 6.14. The Morgan fingerprint density at radius 1 is 1.16 bits per heavy atom. The van der Waals surface area contributed by atoms with E-state index >= 15 is 0 Å². The number of nitrogens with two attached hydrogens (primary N) is 1. The molecule has 1 aromatic carbocycles. The fourth-order valence-corrected chi connectivity index (χ4v) is 2.40. The number of rotatable bonds is 3. The largest absolute Gasteiger partial charge is 0.341 e. The van der Waals surface area contributed by atoms with E-state index in [2.05, 4.69) is 55.9 Å². The summed E-state index contributed by atoms with van der Waals surface area (Å²) in [5.41, 5.74) is 9.09. The van der Waals surface area contributed by atoms with Crippen LogP contribution in [0.5, 0.6) is 0 Å². The van der Waals surface area contributed by atoms with Gasteiger partial charge in [0.1, 0.15) is 0 Å². The van der Waals surface area contributed by atoms with Crippen LogP contribution in [0.2, 0.25) is 0 Å². The van der Waals surface area contributed by atoms with Crippen LogP contribution in [-0.2, 0) is 13.1 Å². The molecule has 0 saturated heterocycles. The molecule has 96 valence electrons. The molecule has 0 radical (unpaired) electrons. The molecule has 2 heterocycles. The van der Waals surface area contributed by atoms with Crippen LogP contribution in [0.3, 0.4) is 0 Å². The molecule has 0 bridgehead atoms. The summed E-state index contributed by atoms with van der Waals surface area (Å²) in [5, 5.41) is 1.23. The molecule has 0 aliphatic carbocycles. The third-order valence-corrected chi connectivity index (χ3v) is 3.66. The van der Waals surface area contributed by atoms with Gasteiger partial charge in [-0.2, -0.15) is 0 Å². The molecule has 2 aromatic heterocycles. The van der Waals surface area contributed by atoms with Crippen LogP contribution in [0, 0.1) is 0 Å². The van der Waals surface area contributed by atoms with E-state index < -0.39 is 0 Å². The van der Waals surface area contributed by atoms with E-state index in [1.165, 1.54) is 10.9 Å². The van der Waals surface area contributed by atoms with Gasteiger partial charge in [-0.15, -0.1) is 0 Å². The second-order valence-corrected chi connectivity index (χ2v) is 5.42. The molecule has 0 spiro atoms. The second-order valence-electron chi connectivity index (χ2n) is 4.51. The van der Waals surface area contributed by atoms with Crippen molar-refractivity contribution in [2.75, 3.05) is 0 Å². The standard InChI is InChI=1S/C15H14BrN3/c16-13-3-4-14(18-9-13)10-19-6-5-12-2-1-11(8-17)7-15(12)19/h1-7,9H,8,10,17H2.